The van der Waals surface area contributed by atoms with Gasteiger partial charge in [-0.2, -0.15) is 0 Å². The van der Waals surface area contributed by atoms with E-state index in [1.165, 1.54) is 0 Å². The zero-order chi connectivity index (χ0) is 7.40. The van der Waals surface area contributed by atoms with Crippen LogP contribution >= 0.6 is 23.0 Å². The molecular formula is C6H9IN2O. The lowest BCUT2D eigenvalue weighted by molar-refractivity contribution is 0.393. The fraction of sp³-hybridized carbons (Fsp3) is 0.500. The Labute approximate surface area is 74.1 Å². The number of imidazole rings is 1. The lowest BCUT2D eigenvalue weighted by atomic mass is 10.5. The largest absolute Gasteiger partial charge is 0.335 e. The van der Waals surface area contributed by atoms with Crippen molar-refractivity contribution in [2.45, 2.75) is 13.5 Å². The predicted octanol–water partition coefficient (Wildman–Crippen LogP) is 1.56. The summed E-state index contributed by atoms with van der Waals surface area (Å²) in [6, 6.07) is 0. The van der Waals surface area contributed by atoms with Crippen LogP contribution < -0.4 is 0 Å². The number of aromatic nitrogens is 2. The summed E-state index contributed by atoms with van der Waals surface area (Å²) in [6.45, 7) is 3.58. The second-order valence-corrected chi connectivity index (χ2v) is 2.69. The molecule has 0 aliphatic rings. The lowest BCUT2D eigenvalue weighted by Crippen LogP contribution is -1.98. The Bertz CT molecular complexity index is 199. The second kappa shape index (κ2) is 3.92. The first-order valence-electron chi connectivity index (χ1n) is 3.05. The van der Waals surface area contributed by atoms with Crippen LogP contribution in [0.25, 0.3) is 0 Å². The van der Waals surface area contributed by atoms with Crippen LogP contribution in [0.3, 0.4) is 0 Å². The van der Waals surface area contributed by atoms with Gasteiger partial charge in [0.05, 0.1) is 18.6 Å². The Morgan fingerprint density at radius 2 is 2.60 bits per heavy atom. The van der Waals surface area contributed by atoms with Crippen molar-refractivity contribution < 1.29 is 3.07 Å². The van der Waals surface area contributed by atoms with Crippen LogP contribution in [0.5, 0.6) is 0 Å². The number of hydrogen-bond donors (Lipinski definition) is 0. The van der Waals surface area contributed by atoms with Gasteiger partial charge in [-0.15, -0.1) is 0 Å². The summed E-state index contributed by atoms with van der Waals surface area (Å²) in [5.41, 5.74) is 1.05. The highest BCUT2D eigenvalue weighted by molar-refractivity contribution is 14.1. The van der Waals surface area contributed by atoms with Crippen molar-refractivity contribution in [1.29, 1.82) is 0 Å². The normalized spacial score (nSPS) is 10.2. The second-order valence-electron chi connectivity index (χ2n) is 2.07. The third-order valence-electron chi connectivity index (χ3n) is 1.19. The van der Waals surface area contributed by atoms with E-state index in [9.17, 15) is 0 Å². The SMILES string of the molecule is Cc1cn(CCOI)cn1. The summed E-state index contributed by atoms with van der Waals surface area (Å²) < 4.78 is 6.88. The average molecular weight is 252 g/mol. The lowest BCUT2D eigenvalue weighted by Gasteiger charge is -1.96. The standard InChI is InChI=1S/C6H9IN2O/c1-6-4-9(5-8-6)2-3-10-7/h4-5H,2-3H2,1H3. The maximum atomic E-state index is 4.88. The van der Waals surface area contributed by atoms with Gasteiger partial charge < -0.3 is 7.63 Å². The molecule has 0 unspecified atom stereocenters. The van der Waals surface area contributed by atoms with Gasteiger partial charge in [0.15, 0.2) is 0 Å². The highest BCUT2D eigenvalue weighted by Crippen LogP contribution is 1.94. The van der Waals surface area contributed by atoms with E-state index >= 15 is 0 Å². The molecule has 0 aliphatic heterocycles. The molecule has 0 saturated heterocycles. The summed E-state index contributed by atoms with van der Waals surface area (Å²) in [5, 5.41) is 0. The molecule has 1 aromatic rings. The van der Waals surface area contributed by atoms with Crippen LogP contribution in [-0.2, 0) is 9.61 Å². The molecule has 1 aromatic heterocycles. The number of rotatable bonds is 3. The Kier molecular flexibility index (Phi) is 3.14. The molecular weight excluding hydrogens is 243 g/mol. The van der Waals surface area contributed by atoms with Gasteiger partial charge in [-0.1, -0.05) is 0 Å². The summed E-state index contributed by atoms with van der Waals surface area (Å²) in [5.74, 6) is 0. The van der Waals surface area contributed by atoms with Crippen molar-refractivity contribution in [2.75, 3.05) is 6.61 Å². The molecule has 0 N–H and O–H groups in total. The average Bonchev–Trinajstić information content (AvgIpc) is 2.31. The smallest absolute Gasteiger partial charge is 0.109 e. The minimum absolute atomic E-state index is 0.732. The quantitative estimate of drug-likeness (QED) is 0.763. The molecule has 3 nitrogen and oxygen atoms in total. The van der Waals surface area contributed by atoms with E-state index in [1.807, 2.05) is 47.0 Å². The van der Waals surface area contributed by atoms with E-state index in [-0.39, 0.29) is 0 Å². The van der Waals surface area contributed by atoms with Gasteiger partial charge in [-0.3, -0.25) is 0 Å². The summed E-state index contributed by atoms with van der Waals surface area (Å²) in [4.78, 5) is 4.07. The van der Waals surface area contributed by atoms with Crippen LogP contribution in [-0.4, -0.2) is 16.2 Å². The van der Waals surface area contributed by atoms with E-state index in [4.69, 9.17) is 3.07 Å². The molecule has 0 bridgehead atoms. The van der Waals surface area contributed by atoms with E-state index in [0.717, 1.165) is 18.8 Å². The number of halogens is 1. The van der Waals surface area contributed by atoms with Gasteiger partial charge in [0.25, 0.3) is 0 Å². The Balaban J connectivity index is 2.42. The van der Waals surface area contributed by atoms with Gasteiger partial charge in [0.1, 0.15) is 23.0 Å². The van der Waals surface area contributed by atoms with Crippen LogP contribution in [0.1, 0.15) is 5.69 Å². The molecule has 1 rings (SSSR count). The fourth-order valence-corrected chi connectivity index (χ4v) is 0.931. The molecule has 0 radical (unpaired) electrons. The third kappa shape index (κ3) is 2.26. The van der Waals surface area contributed by atoms with Crippen molar-refractivity contribution in [3.8, 4) is 0 Å². The monoisotopic (exact) mass is 252 g/mol. The van der Waals surface area contributed by atoms with Crippen LogP contribution in [0, 0.1) is 6.92 Å². The maximum Gasteiger partial charge on any atom is 0.109 e. The van der Waals surface area contributed by atoms with E-state index in [0.29, 0.717) is 0 Å². The summed E-state index contributed by atoms with van der Waals surface area (Å²) in [6.07, 6.45) is 3.81. The summed E-state index contributed by atoms with van der Waals surface area (Å²) in [7, 11) is 0. The van der Waals surface area contributed by atoms with Crippen molar-refractivity contribution in [3.63, 3.8) is 0 Å². The minimum atomic E-state index is 0.732. The molecule has 0 atom stereocenters. The highest BCUT2D eigenvalue weighted by Gasteiger charge is 1.91. The molecule has 1 heterocycles. The first kappa shape index (κ1) is 8.00. The van der Waals surface area contributed by atoms with Crippen LogP contribution in [0.15, 0.2) is 12.5 Å². The molecule has 56 valence electrons. The number of aryl methyl sites for hydroxylation is 1. The highest BCUT2D eigenvalue weighted by atomic mass is 127. The fourth-order valence-electron chi connectivity index (χ4n) is 0.734. The molecule has 0 saturated carbocycles. The molecule has 10 heavy (non-hydrogen) atoms. The molecule has 0 aliphatic carbocycles. The number of nitrogens with zero attached hydrogens (tertiary/aromatic N) is 2. The molecule has 0 aromatic carbocycles. The first-order chi connectivity index (χ1) is 4.83. The maximum absolute atomic E-state index is 4.88. The van der Waals surface area contributed by atoms with Gasteiger partial charge in [-0.25, -0.2) is 4.98 Å². The Morgan fingerprint density at radius 3 is 3.10 bits per heavy atom. The van der Waals surface area contributed by atoms with Crippen LogP contribution in [0.4, 0.5) is 0 Å². The summed E-state index contributed by atoms with van der Waals surface area (Å²) >= 11 is 1.89. The first-order valence-corrected chi connectivity index (χ1v) is 3.93. The Hall–Kier alpha value is -0.100. The van der Waals surface area contributed by atoms with Crippen molar-refractivity contribution in [1.82, 2.24) is 9.55 Å². The third-order valence-corrected chi connectivity index (χ3v) is 1.63. The minimum Gasteiger partial charge on any atom is -0.335 e. The van der Waals surface area contributed by atoms with E-state index in [2.05, 4.69) is 4.98 Å². The number of hydrogen-bond acceptors (Lipinski definition) is 2. The molecule has 0 spiro atoms. The van der Waals surface area contributed by atoms with Crippen LogP contribution in [0.2, 0.25) is 0 Å². The van der Waals surface area contributed by atoms with Gasteiger partial charge in [0, 0.05) is 12.7 Å². The van der Waals surface area contributed by atoms with Crippen molar-refractivity contribution >= 4 is 23.0 Å². The van der Waals surface area contributed by atoms with Crippen molar-refractivity contribution in [2.24, 2.45) is 0 Å². The van der Waals surface area contributed by atoms with E-state index < -0.39 is 0 Å². The van der Waals surface area contributed by atoms with Gasteiger partial charge in [-0.05, 0) is 6.92 Å². The molecule has 0 amide bonds. The predicted molar refractivity (Wildman–Crippen MR) is 46.9 cm³/mol. The van der Waals surface area contributed by atoms with Gasteiger partial charge in [0.2, 0.25) is 0 Å². The van der Waals surface area contributed by atoms with E-state index in [1.54, 1.807) is 0 Å². The Morgan fingerprint density at radius 1 is 1.80 bits per heavy atom. The van der Waals surface area contributed by atoms with Gasteiger partial charge >= 0.3 is 0 Å². The zero-order valence-electron chi connectivity index (χ0n) is 5.75. The topological polar surface area (TPSA) is 27.1 Å². The zero-order valence-corrected chi connectivity index (χ0v) is 7.91. The van der Waals surface area contributed by atoms with Crippen molar-refractivity contribution in [3.05, 3.63) is 18.2 Å². The molecule has 4 heteroatoms. The molecule has 0 fully saturated rings.